The first-order valence-electron chi connectivity index (χ1n) is 5.96. The molecule has 5 heteroatoms. The molecule has 5 nitrogen and oxygen atoms in total. The van der Waals surface area contributed by atoms with E-state index in [4.69, 9.17) is 4.42 Å². The van der Waals surface area contributed by atoms with Gasteiger partial charge in [0.15, 0.2) is 5.78 Å². The van der Waals surface area contributed by atoms with E-state index in [0.717, 1.165) is 5.39 Å². The summed E-state index contributed by atoms with van der Waals surface area (Å²) in [5, 5.41) is 10.1. The van der Waals surface area contributed by atoms with E-state index < -0.39 is 5.63 Å². The largest absolute Gasteiger partial charge is 0.512 e. The van der Waals surface area contributed by atoms with E-state index in [-0.39, 0.29) is 17.1 Å². The maximum Gasteiger partial charge on any atom is 0.336 e. The van der Waals surface area contributed by atoms with Crippen molar-refractivity contribution in [3.63, 3.8) is 0 Å². The van der Waals surface area contributed by atoms with Gasteiger partial charge in [-0.25, -0.2) is 4.79 Å². The molecule has 0 spiro atoms. The zero-order chi connectivity index (χ0) is 14.7. The van der Waals surface area contributed by atoms with E-state index in [9.17, 15) is 14.7 Å². The van der Waals surface area contributed by atoms with Crippen LogP contribution in [0.2, 0.25) is 0 Å². The van der Waals surface area contributed by atoms with Crippen LogP contribution in [0, 0.1) is 0 Å². The molecule has 0 atom stereocenters. The number of hydrogen-bond acceptors (Lipinski definition) is 5. The molecule has 0 saturated heterocycles. The third-order valence-electron chi connectivity index (χ3n) is 2.71. The third kappa shape index (κ3) is 3.00. The second-order valence-corrected chi connectivity index (χ2v) is 4.29. The zero-order valence-electron chi connectivity index (χ0n) is 11.1. The van der Waals surface area contributed by atoms with Crippen molar-refractivity contribution in [2.24, 2.45) is 4.99 Å². The number of hydrogen-bond donors (Lipinski definition) is 1. The van der Waals surface area contributed by atoms with E-state index in [2.05, 4.69) is 4.99 Å². The summed E-state index contributed by atoms with van der Waals surface area (Å²) in [7, 11) is 0. The molecule has 0 radical (unpaired) electrons. The molecule has 0 aliphatic rings. The number of Topliss-reactive ketones (excluding diaryl/α,β-unsaturated/α-hetero) is 1. The number of aliphatic imine (C=N–C) groups is 1. The molecule has 0 unspecified atom stereocenters. The van der Waals surface area contributed by atoms with Gasteiger partial charge in [0.2, 0.25) is 0 Å². The fraction of sp³-hybridized carbons (Fsp3) is 0.133. The van der Waals surface area contributed by atoms with E-state index in [0.29, 0.717) is 11.3 Å². The lowest BCUT2D eigenvalue weighted by Crippen LogP contribution is -2.01. The molecule has 0 aliphatic carbocycles. The van der Waals surface area contributed by atoms with E-state index in [1.165, 1.54) is 26.1 Å². The molecule has 1 aromatic heterocycles. The average Bonchev–Trinajstić information content (AvgIpc) is 2.38. The Labute approximate surface area is 114 Å². The number of benzene rings is 1. The standard InChI is InChI=1S/C15H13NO4/c1-9(17)13(10(2)18)8-16-12-4-5-14-11(7-12)3-6-15(19)20-14/h3-8,17H,1-2H3/b13-9+,16-8?. The Morgan fingerprint density at radius 2 is 2.00 bits per heavy atom. The first-order valence-corrected chi connectivity index (χ1v) is 5.96. The highest BCUT2D eigenvalue weighted by Gasteiger charge is 2.05. The van der Waals surface area contributed by atoms with Gasteiger partial charge >= 0.3 is 5.63 Å². The van der Waals surface area contributed by atoms with Crippen LogP contribution in [0.15, 0.2) is 55.9 Å². The Balaban J connectivity index is 2.40. The van der Waals surface area contributed by atoms with Gasteiger partial charge in [0, 0.05) is 17.7 Å². The molecule has 0 aliphatic heterocycles. The molecular weight excluding hydrogens is 258 g/mol. The fourth-order valence-electron chi connectivity index (χ4n) is 1.72. The number of nitrogens with zero attached hydrogens (tertiary/aromatic N) is 1. The van der Waals surface area contributed by atoms with Crippen molar-refractivity contribution >= 4 is 28.7 Å². The van der Waals surface area contributed by atoms with Gasteiger partial charge in [-0.15, -0.1) is 0 Å². The van der Waals surface area contributed by atoms with E-state index >= 15 is 0 Å². The predicted octanol–water partition coefficient (Wildman–Crippen LogP) is 2.92. The van der Waals surface area contributed by atoms with Gasteiger partial charge in [-0.3, -0.25) is 9.79 Å². The number of fused-ring (bicyclic) bond motifs is 1. The molecule has 20 heavy (non-hydrogen) atoms. The minimum atomic E-state index is -0.411. The topological polar surface area (TPSA) is 79.9 Å². The minimum Gasteiger partial charge on any atom is -0.512 e. The van der Waals surface area contributed by atoms with Crippen LogP contribution in [0.1, 0.15) is 13.8 Å². The van der Waals surface area contributed by atoms with Crippen LogP contribution >= 0.6 is 0 Å². The van der Waals surface area contributed by atoms with Crippen molar-refractivity contribution in [1.29, 1.82) is 0 Å². The first kappa shape index (κ1) is 13.7. The Morgan fingerprint density at radius 1 is 1.25 bits per heavy atom. The molecular formula is C15H13NO4. The van der Waals surface area contributed by atoms with E-state index in [1.807, 2.05) is 0 Å². The molecule has 1 N–H and O–H groups in total. The molecule has 102 valence electrons. The van der Waals surface area contributed by atoms with Crippen LogP contribution in [-0.4, -0.2) is 17.1 Å². The highest BCUT2D eigenvalue weighted by atomic mass is 16.4. The Hall–Kier alpha value is -2.69. The second kappa shape index (κ2) is 5.52. The second-order valence-electron chi connectivity index (χ2n) is 4.29. The first-order chi connectivity index (χ1) is 9.47. The smallest absolute Gasteiger partial charge is 0.336 e. The van der Waals surface area contributed by atoms with Crippen molar-refractivity contribution in [3.05, 3.63) is 52.1 Å². The quantitative estimate of drug-likeness (QED) is 0.403. The third-order valence-corrected chi connectivity index (χ3v) is 2.71. The van der Waals surface area contributed by atoms with Crippen LogP contribution in [-0.2, 0) is 4.79 Å². The van der Waals surface area contributed by atoms with Gasteiger partial charge in [-0.05, 0) is 38.1 Å². The summed E-state index contributed by atoms with van der Waals surface area (Å²) >= 11 is 0. The van der Waals surface area contributed by atoms with Crippen LogP contribution in [0.3, 0.4) is 0 Å². The Morgan fingerprint density at radius 3 is 2.65 bits per heavy atom. The normalized spacial score (nSPS) is 12.7. The van der Waals surface area contributed by atoms with E-state index in [1.54, 1.807) is 24.3 Å². The number of rotatable bonds is 3. The number of aliphatic hydroxyl groups excluding tert-OH is 1. The van der Waals surface area contributed by atoms with Gasteiger partial charge < -0.3 is 9.52 Å². The summed E-state index contributed by atoms with van der Waals surface area (Å²) in [6.07, 6.45) is 1.32. The summed E-state index contributed by atoms with van der Waals surface area (Å²) < 4.78 is 5.01. The monoisotopic (exact) mass is 271 g/mol. The van der Waals surface area contributed by atoms with Gasteiger partial charge in [0.05, 0.1) is 11.3 Å². The lowest BCUT2D eigenvalue weighted by Gasteiger charge is -1.99. The van der Waals surface area contributed by atoms with Crippen LogP contribution < -0.4 is 5.63 Å². The molecule has 0 amide bonds. The van der Waals surface area contributed by atoms with Gasteiger partial charge in [0.1, 0.15) is 11.3 Å². The molecule has 1 aromatic carbocycles. The average molecular weight is 271 g/mol. The van der Waals surface area contributed by atoms with Gasteiger partial charge in [-0.2, -0.15) is 0 Å². The number of carbonyl (C=O) groups is 1. The number of aliphatic hydroxyl groups is 1. The summed E-state index contributed by atoms with van der Waals surface area (Å²) in [6, 6.07) is 7.98. The molecule has 0 bridgehead atoms. The predicted molar refractivity (Wildman–Crippen MR) is 76.6 cm³/mol. The van der Waals surface area contributed by atoms with Crippen molar-refractivity contribution in [3.8, 4) is 0 Å². The highest BCUT2D eigenvalue weighted by Crippen LogP contribution is 2.20. The van der Waals surface area contributed by atoms with Gasteiger partial charge in [-0.1, -0.05) is 0 Å². The van der Waals surface area contributed by atoms with Crippen molar-refractivity contribution in [2.75, 3.05) is 0 Å². The van der Waals surface area contributed by atoms with Crippen molar-refractivity contribution in [1.82, 2.24) is 0 Å². The number of allylic oxidation sites excluding steroid dienone is 2. The zero-order valence-corrected chi connectivity index (χ0v) is 11.1. The van der Waals surface area contributed by atoms with Gasteiger partial charge in [0.25, 0.3) is 0 Å². The van der Waals surface area contributed by atoms with Crippen molar-refractivity contribution < 1.29 is 14.3 Å². The number of ketones is 1. The maximum atomic E-state index is 11.3. The fourth-order valence-corrected chi connectivity index (χ4v) is 1.72. The molecule has 0 fully saturated rings. The Bertz CT molecular complexity index is 780. The summed E-state index contributed by atoms with van der Waals surface area (Å²) in [6.45, 7) is 2.79. The molecule has 2 rings (SSSR count). The summed E-state index contributed by atoms with van der Waals surface area (Å²) in [4.78, 5) is 26.5. The Kier molecular flexibility index (Phi) is 3.79. The van der Waals surface area contributed by atoms with Crippen LogP contribution in [0.4, 0.5) is 5.69 Å². The van der Waals surface area contributed by atoms with Crippen LogP contribution in [0.25, 0.3) is 11.0 Å². The SMILES string of the molecule is CC(=O)/C(C=Nc1ccc2oc(=O)ccc2c1)=C(\C)O. The van der Waals surface area contributed by atoms with Crippen LogP contribution in [0.5, 0.6) is 0 Å². The lowest BCUT2D eigenvalue weighted by atomic mass is 10.2. The maximum absolute atomic E-state index is 11.3. The summed E-state index contributed by atoms with van der Waals surface area (Å²) in [5.74, 6) is -0.339. The van der Waals surface area contributed by atoms with Crippen molar-refractivity contribution in [2.45, 2.75) is 13.8 Å². The summed E-state index contributed by atoms with van der Waals surface area (Å²) in [5.41, 5.74) is 0.805. The molecule has 0 saturated carbocycles. The lowest BCUT2D eigenvalue weighted by molar-refractivity contribution is -0.113. The highest BCUT2D eigenvalue weighted by molar-refractivity contribution is 6.13. The minimum absolute atomic E-state index is 0.0759. The molecule has 1 heterocycles. The number of carbonyl (C=O) groups excluding carboxylic acids is 1. The molecule has 2 aromatic rings.